The number of fused-ring (bicyclic) bond motifs is 1. The quantitative estimate of drug-likeness (QED) is 0.789. The molecule has 1 aliphatic rings. The third-order valence-corrected chi connectivity index (χ3v) is 5.60. The van der Waals surface area contributed by atoms with E-state index in [0.29, 0.717) is 33.6 Å². The average Bonchev–Trinajstić information content (AvgIpc) is 2.67. The number of amides is 1. The number of methoxy groups -OCH3 is 2. The molecule has 1 amide bonds. The van der Waals surface area contributed by atoms with Crippen molar-refractivity contribution in [2.24, 2.45) is 0 Å². The van der Waals surface area contributed by atoms with Crippen LogP contribution in [0.15, 0.2) is 36.4 Å². The van der Waals surface area contributed by atoms with Crippen LogP contribution < -0.4 is 23.8 Å². The summed E-state index contributed by atoms with van der Waals surface area (Å²) in [7, 11) is -0.711. The van der Waals surface area contributed by atoms with Crippen LogP contribution >= 0.6 is 11.6 Å². The molecule has 0 aromatic heterocycles. The highest BCUT2D eigenvalue weighted by molar-refractivity contribution is 7.92. The summed E-state index contributed by atoms with van der Waals surface area (Å²) in [5, 5.41) is 3.01. The van der Waals surface area contributed by atoms with Gasteiger partial charge in [-0.15, -0.1) is 0 Å². The van der Waals surface area contributed by atoms with Crippen molar-refractivity contribution in [3.8, 4) is 17.2 Å². The fourth-order valence-corrected chi connectivity index (χ4v) is 3.97. The van der Waals surface area contributed by atoms with Gasteiger partial charge >= 0.3 is 0 Å². The number of hydrogen-bond donors (Lipinski definition) is 1. The van der Waals surface area contributed by atoms with Crippen molar-refractivity contribution in [1.29, 1.82) is 0 Å². The van der Waals surface area contributed by atoms with Crippen molar-refractivity contribution in [2.75, 3.05) is 36.6 Å². The molecule has 1 heterocycles. The highest BCUT2D eigenvalue weighted by Crippen LogP contribution is 2.37. The largest absolute Gasteiger partial charge is 0.495 e. The lowest BCUT2D eigenvalue weighted by Gasteiger charge is -2.33. The van der Waals surface area contributed by atoms with Gasteiger partial charge in [-0.25, -0.2) is 8.42 Å². The zero-order chi connectivity index (χ0) is 20.5. The van der Waals surface area contributed by atoms with Crippen molar-refractivity contribution in [3.63, 3.8) is 0 Å². The Balaban J connectivity index is 1.90. The number of rotatable bonds is 5. The molecular formula is C18H19ClN2O6S. The van der Waals surface area contributed by atoms with Gasteiger partial charge in [-0.1, -0.05) is 23.7 Å². The van der Waals surface area contributed by atoms with E-state index in [9.17, 15) is 13.2 Å². The van der Waals surface area contributed by atoms with E-state index in [1.54, 1.807) is 24.3 Å². The first-order chi connectivity index (χ1) is 13.2. The van der Waals surface area contributed by atoms with Crippen LogP contribution in [0.2, 0.25) is 5.02 Å². The number of benzene rings is 2. The van der Waals surface area contributed by atoms with Crippen molar-refractivity contribution < 1.29 is 27.4 Å². The normalized spacial score (nSPS) is 16.0. The van der Waals surface area contributed by atoms with Crippen molar-refractivity contribution >= 4 is 38.9 Å². The van der Waals surface area contributed by atoms with Gasteiger partial charge in [0.2, 0.25) is 10.0 Å². The second-order valence-corrected chi connectivity index (χ2v) is 8.36. The second kappa shape index (κ2) is 7.76. The van der Waals surface area contributed by atoms with Crippen LogP contribution in [0.3, 0.4) is 0 Å². The molecule has 0 saturated heterocycles. The molecule has 0 bridgehead atoms. The summed E-state index contributed by atoms with van der Waals surface area (Å²) < 4.78 is 41.7. The topological polar surface area (TPSA) is 94.2 Å². The predicted octanol–water partition coefficient (Wildman–Crippen LogP) is 2.52. The summed E-state index contributed by atoms with van der Waals surface area (Å²) in [6.45, 7) is -0.158. The summed E-state index contributed by atoms with van der Waals surface area (Å²) in [6.07, 6.45) is 0.0213. The van der Waals surface area contributed by atoms with Gasteiger partial charge in [-0.3, -0.25) is 9.10 Å². The van der Waals surface area contributed by atoms with Gasteiger partial charge in [0.15, 0.2) is 6.10 Å². The zero-order valence-electron chi connectivity index (χ0n) is 15.4. The lowest BCUT2D eigenvalue weighted by molar-refractivity contribution is -0.122. The molecule has 8 nitrogen and oxygen atoms in total. The lowest BCUT2D eigenvalue weighted by Crippen LogP contribution is -2.48. The molecule has 0 spiro atoms. The van der Waals surface area contributed by atoms with E-state index in [-0.39, 0.29) is 6.54 Å². The van der Waals surface area contributed by atoms with Crippen LogP contribution in [-0.2, 0) is 14.8 Å². The number of halogens is 1. The van der Waals surface area contributed by atoms with Crippen LogP contribution in [-0.4, -0.2) is 47.4 Å². The third-order valence-electron chi connectivity index (χ3n) is 4.16. The Morgan fingerprint density at radius 2 is 1.89 bits per heavy atom. The number of para-hydroxylation sites is 2. The average molecular weight is 427 g/mol. The molecular weight excluding hydrogens is 408 g/mol. The molecule has 3 rings (SSSR count). The minimum Gasteiger partial charge on any atom is -0.495 e. The van der Waals surface area contributed by atoms with Crippen molar-refractivity contribution in [1.82, 2.24) is 0 Å². The first kappa shape index (κ1) is 20.1. The van der Waals surface area contributed by atoms with Gasteiger partial charge in [-0.05, 0) is 12.1 Å². The van der Waals surface area contributed by atoms with Crippen LogP contribution in [0, 0.1) is 0 Å². The molecule has 2 aromatic carbocycles. The van der Waals surface area contributed by atoms with Gasteiger partial charge in [0.05, 0.1) is 43.4 Å². The Kier molecular flexibility index (Phi) is 5.57. The molecule has 28 heavy (non-hydrogen) atoms. The van der Waals surface area contributed by atoms with Crippen molar-refractivity contribution in [2.45, 2.75) is 6.10 Å². The van der Waals surface area contributed by atoms with Gasteiger partial charge in [0, 0.05) is 12.1 Å². The Morgan fingerprint density at radius 1 is 1.21 bits per heavy atom. The zero-order valence-corrected chi connectivity index (χ0v) is 17.0. The molecule has 1 N–H and O–H groups in total. The number of nitrogens with zero attached hydrogens (tertiary/aromatic N) is 1. The summed E-state index contributed by atoms with van der Waals surface area (Å²) in [4.78, 5) is 12.8. The molecule has 0 radical (unpaired) electrons. The minimum absolute atomic E-state index is 0.158. The van der Waals surface area contributed by atoms with Crippen LogP contribution in [0.5, 0.6) is 17.2 Å². The van der Waals surface area contributed by atoms with E-state index >= 15 is 0 Å². The van der Waals surface area contributed by atoms with Gasteiger partial charge in [0.25, 0.3) is 5.91 Å². The molecule has 10 heteroatoms. The number of carbonyl (C=O) groups is 1. The van der Waals surface area contributed by atoms with E-state index in [2.05, 4.69) is 5.32 Å². The number of nitrogens with one attached hydrogen (secondary N) is 1. The molecule has 1 unspecified atom stereocenters. The molecule has 2 aromatic rings. The van der Waals surface area contributed by atoms with E-state index in [1.807, 2.05) is 0 Å². The smallest absolute Gasteiger partial charge is 0.267 e. The second-order valence-electron chi connectivity index (χ2n) is 6.04. The van der Waals surface area contributed by atoms with Crippen LogP contribution in [0.4, 0.5) is 11.4 Å². The SMILES string of the molecule is COc1cc(NC(=O)C2CN(S(C)(=O)=O)c3ccccc3O2)c(OC)cc1Cl. The number of sulfonamides is 1. The lowest BCUT2D eigenvalue weighted by atomic mass is 10.2. The maximum atomic E-state index is 12.8. The summed E-state index contributed by atoms with van der Waals surface area (Å²) in [6, 6.07) is 9.66. The maximum Gasteiger partial charge on any atom is 0.267 e. The number of hydrogen-bond acceptors (Lipinski definition) is 6. The van der Waals surface area contributed by atoms with Crippen molar-refractivity contribution in [3.05, 3.63) is 41.4 Å². The molecule has 1 atom stereocenters. The number of anilines is 2. The van der Waals surface area contributed by atoms with Crippen LogP contribution in [0.25, 0.3) is 0 Å². The number of ether oxygens (including phenoxy) is 3. The molecule has 0 fully saturated rings. The fourth-order valence-electron chi connectivity index (χ4n) is 2.82. The Morgan fingerprint density at radius 3 is 2.54 bits per heavy atom. The standard InChI is InChI=1S/C18H19ClN2O6S/c1-25-15-9-12(16(26-2)8-11(15)19)20-18(22)17-10-21(28(3,23)24)13-6-4-5-7-14(13)27-17/h4-9,17H,10H2,1-3H3,(H,20,22). The van der Waals surface area contributed by atoms with Gasteiger partial charge in [0.1, 0.15) is 17.2 Å². The summed E-state index contributed by atoms with van der Waals surface area (Å²) in [5.74, 6) is 0.451. The Hall–Kier alpha value is -2.65. The molecule has 1 aliphatic heterocycles. The Labute approximate surface area is 168 Å². The first-order valence-electron chi connectivity index (χ1n) is 8.20. The summed E-state index contributed by atoms with van der Waals surface area (Å²) in [5.41, 5.74) is 0.710. The predicted molar refractivity (Wildman–Crippen MR) is 106 cm³/mol. The fraction of sp³-hybridized carbons (Fsp3) is 0.278. The first-order valence-corrected chi connectivity index (χ1v) is 10.4. The van der Waals surface area contributed by atoms with E-state index in [4.69, 9.17) is 25.8 Å². The van der Waals surface area contributed by atoms with E-state index in [0.717, 1.165) is 10.6 Å². The van der Waals surface area contributed by atoms with Gasteiger partial charge < -0.3 is 19.5 Å². The highest BCUT2D eigenvalue weighted by Gasteiger charge is 2.35. The summed E-state index contributed by atoms with van der Waals surface area (Å²) >= 11 is 6.08. The Bertz CT molecular complexity index is 1010. The molecule has 150 valence electrons. The van der Waals surface area contributed by atoms with Crippen LogP contribution in [0.1, 0.15) is 0 Å². The van der Waals surface area contributed by atoms with Gasteiger partial charge in [-0.2, -0.15) is 0 Å². The van der Waals surface area contributed by atoms with E-state index < -0.39 is 22.0 Å². The molecule has 0 aliphatic carbocycles. The highest BCUT2D eigenvalue weighted by atomic mass is 35.5. The minimum atomic E-state index is -3.60. The maximum absolute atomic E-state index is 12.8. The monoisotopic (exact) mass is 426 g/mol. The number of carbonyl (C=O) groups excluding carboxylic acids is 1. The van der Waals surface area contributed by atoms with E-state index in [1.165, 1.54) is 26.4 Å². The third kappa shape index (κ3) is 3.95. The molecule has 0 saturated carbocycles.